The molecule has 2 aromatic rings. The van der Waals surface area contributed by atoms with Crippen molar-refractivity contribution in [3.05, 3.63) is 59.6 Å². The first kappa shape index (κ1) is 22.0. The molecule has 0 aliphatic carbocycles. The van der Waals surface area contributed by atoms with Crippen molar-refractivity contribution in [1.82, 2.24) is 5.32 Å². The van der Waals surface area contributed by atoms with Crippen LogP contribution in [0, 0.1) is 0 Å². The van der Waals surface area contributed by atoms with Gasteiger partial charge in [-0.3, -0.25) is 9.10 Å². The normalized spacial score (nSPS) is 12.3. The van der Waals surface area contributed by atoms with Gasteiger partial charge in [0, 0.05) is 30.8 Å². The lowest BCUT2D eigenvalue weighted by Gasteiger charge is -2.30. The van der Waals surface area contributed by atoms with Crippen LogP contribution in [0.3, 0.4) is 0 Å². The summed E-state index contributed by atoms with van der Waals surface area (Å²) in [5.74, 6) is -0.329. The number of hydrogen-bond acceptors (Lipinski definition) is 4. The number of carbonyl (C=O) groups is 1. The summed E-state index contributed by atoms with van der Waals surface area (Å²) in [5.41, 5.74) is 1.46. The average Bonchev–Trinajstić information content (AvgIpc) is 2.66. The average molecular weight is 424 g/mol. The number of likely N-dealkylation sites (N-methyl/N-ethyl adjacent to an activating group) is 1. The van der Waals surface area contributed by atoms with Crippen LogP contribution in [0.15, 0.2) is 54.6 Å². The van der Waals surface area contributed by atoms with Gasteiger partial charge in [-0.2, -0.15) is 0 Å². The third kappa shape index (κ3) is 5.87. The first-order valence-corrected chi connectivity index (χ1v) is 11.3. The van der Waals surface area contributed by atoms with Gasteiger partial charge in [-0.1, -0.05) is 36.7 Å². The Balaban J connectivity index is 2.08. The van der Waals surface area contributed by atoms with Crippen LogP contribution in [0.25, 0.3) is 0 Å². The lowest BCUT2D eigenvalue weighted by molar-refractivity contribution is -0.122. The van der Waals surface area contributed by atoms with Crippen molar-refractivity contribution in [3.63, 3.8) is 0 Å². The summed E-state index contributed by atoms with van der Waals surface area (Å²) in [6, 6.07) is 15.4. The second-order valence-corrected chi connectivity index (χ2v) is 8.80. The van der Waals surface area contributed by atoms with Crippen LogP contribution < -0.4 is 14.5 Å². The number of rotatable bonds is 9. The molecule has 152 valence electrons. The first-order valence-electron chi connectivity index (χ1n) is 9.03. The Morgan fingerprint density at radius 3 is 2.21 bits per heavy atom. The third-order valence-electron chi connectivity index (χ3n) is 4.35. The van der Waals surface area contributed by atoms with E-state index in [2.05, 4.69) is 5.32 Å². The summed E-state index contributed by atoms with van der Waals surface area (Å²) in [5, 5.41) is 3.35. The van der Waals surface area contributed by atoms with Crippen molar-refractivity contribution >= 4 is 38.9 Å². The maximum Gasteiger partial charge on any atom is 0.243 e. The minimum atomic E-state index is -3.65. The Morgan fingerprint density at radius 1 is 1.07 bits per heavy atom. The number of amides is 1. The van der Waals surface area contributed by atoms with Crippen LogP contribution in [0.5, 0.6) is 0 Å². The topological polar surface area (TPSA) is 69.7 Å². The van der Waals surface area contributed by atoms with Gasteiger partial charge in [-0.25, -0.2) is 8.42 Å². The fraction of sp³-hybridized carbons (Fsp3) is 0.350. The summed E-state index contributed by atoms with van der Waals surface area (Å²) in [7, 11) is -1.71. The minimum Gasteiger partial charge on any atom is -0.373 e. The number of halogens is 1. The van der Waals surface area contributed by atoms with Gasteiger partial charge >= 0.3 is 0 Å². The van der Waals surface area contributed by atoms with Crippen molar-refractivity contribution < 1.29 is 13.2 Å². The molecular formula is C20H26ClN3O3S. The molecule has 0 saturated carbocycles. The fourth-order valence-corrected chi connectivity index (χ4v) is 4.26. The Kier molecular flexibility index (Phi) is 7.71. The van der Waals surface area contributed by atoms with Crippen molar-refractivity contribution in [1.29, 1.82) is 0 Å². The molecule has 1 unspecified atom stereocenters. The van der Waals surface area contributed by atoms with Gasteiger partial charge in [0.2, 0.25) is 15.9 Å². The number of sulfonamides is 1. The van der Waals surface area contributed by atoms with Crippen LogP contribution >= 0.6 is 11.6 Å². The number of para-hydroxylation sites is 1. The van der Waals surface area contributed by atoms with Gasteiger partial charge in [-0.05, 0) is 42.8 Å². The summed E-state index contributed by atoms with van der Waals surface area (Å²) < 4.78 is 25.9. The minimum absolute atomic E-state index is 0.329. The molecule has 0 aromatic heterocycles. The van der Waals surface area contributed by atoms with E-state index >= 15 is 0 Å². The van der Waals surface area contributed by atoms with Gasteiger partial charge in [-0.15, -0.1) is 0 Å². The van der Waals surface area contributed by atoms with Crippen LogP contribution in [0.2, 0.25) is 5.02 Å². The molecule has 0 spiro atoms. The van der Waals surface area contributed by atoms with Crippen LogP contribution in [0.4, 0.5) is 11.4 Å². The maximum absolute atomic E-state index is 12.8. The predicted molar refractivity (Wildman–Crippen MR) is 116 cm³/mol. The van der Waals surface area contributed by atoms with Crippen molar-refractivity contribution in [2.75, 3.05) is 35.6 Å². The standard InChI is InChI=1S/C20H26ClN3O3S/c1-4-19(24(28(3,26)27)18-12-10-16(21)11-13-18)20(25)22-14-15-23(2)17-8-6-5-7-9-17/h5-13,19H,4,14-15H2,1-3H3,(H,22,25). The molecule has 0 radical (unpaired) electrons. The summed E-state index contributed by atoms with van der Waals surface area (Å²) >= 11 is 5.90. The second-order valence-electron chi connectivity index (χ2n) is 6.51. The Morgan fingerprint density at radius 2 is 1.68 bits per heavy atom. The van der Waals surface area contributed by atoms with E-state index < -0.39 is 16.1 Å². The predicted octanol–water partition coefficient (Wildman–Crippen LogP) is 3.14. The van der Waals surface area contributed by atoms with Crippen molar-refractivity contribution in [2.45, 2.75) is 19.4 Å². The van der Waals surface area contributed by atoms with Gasteiger partial charge in [0.15, 0.2) is 0 Å². The van der Waals surface area contributed by atoms with Gasteiger partial charge in [0.25, 0.3) is 0 Å². The molecule has 1 atom stereocenters. The summed E-state index contributed by atoms with van der Waals surface area (Å²) in [6.07, 6.45) is 1.44. The molecule has 0 aliphatic heterocycles. The lowest BCUT2D eigenvalue weighted by Crippen LogP contribution is -2.50. The number of anilines is 2. The highest BCUT2D eigenvalue weighted by atomic mass is 35.5. The largest absolute Gasteiger partial charge is 0.373 e. The third-order valence-corrected chi connectivity index (χ3v) is 5.79. The van der Waals surface area contributed by atoms with Crippen LogP contribution in [-0.2, 0) is 14.8 Å². The number of nitrogens with one attached hydrogen (secondary N) is 1. The first-order chi connectivity index (χ1) is 13.2. The quantitative estimate of drug-likeness (QED) is 0.672. The highest BCUT2D eigenvalue weighted by Crippen LogP contribution is 2.24. The second kappa shape index (κ2) is 9.80. The van der Waals surface area contributed by atoms with Gasteiger partial charge in [0.05, 0.1) is 11.9 Å². The molecule has 0 bridgehead atoms. The maximum atomic E-state index is 12.8. The zero-order valence-electron chi connectivity index (χ0n) is 16.3. The molecular weight excluding hydrogens is 398 g/mol. The molecule has 8 heteroatoms. The number of nitrogens with zero attached hydrogens (tertiary/aromatic N) is 2. The summed E-state index contributed by atoms with van der Waals surface area (Å²) in [4.78, 5) is 14.8. The molecule has 6 nitrogen and oxygen atoms in total. The Hall–Kier alpha value is -2.25. The smallest absolute Gasteiger partial charge is 0.243 e. The van der Waals surface area contributed by atoms with E-state index in [4.69, 9.17) is 11.6 Å². The molecule has 0 heterocycles. The lowest BCUT2D eigenvalue weighted by atomic mass is 10.2. The Bertz CT molecular complexity index is 873. The molecule has 1 N–H and O–H groups in total. The molecule has 0 saturated heterocycles. The highest BCUT2D eigenvalue weighted by Gasteiger charge is 2.31. The van der Waals surface area contributed by atoms with Crippen LogP contribution in [-0.4, -0.2) is 46.8 Å². The van der Waals surface area contributed by atoms with E-state index in [-0.39, 0.29) is 5.91 Å². The van der Waals surface area contributed by atoms with E-state index in [0.717, 1.165) is 16.2 Å². The number of benzene rings is 2. The number of carbonyl (C=O) groups excluding carboxylic acids is 1. The van der Waals surface area contributed by atoms with Crippen LogP contribution in [0.1, 0.15) is 13.3 Å². The van der Waals surface area contributed by atoms with E-state index in [1.54, 1.807) is 31.2 Å². The zero-order chi connectivity index (χ0) is 20.7. The van der Waals surface area contributed by atoms with E-state index in [1.165, 1.54) is 0 Å². The van der Waals surface area contributed by atoms with Crippen molar-refractivity contribution in [2.24, 2.45) is 0 Å². The SMILES string of the molecule is CCC(C(=O)NCCN(C)c1ccccc1)N(c1ccc(Cl)cc1)S(C)(=O)=O. The molecule has 0 aliphatic rings. The van der Waals surface area contributed by atoms with Gasteiger partial charge in [0.1, 0.15) is 6.04 Å². The van der Waals surface area contributed by atoms with E-state index in [9.17, 15) is 13.2 Å². The molecule has 2 aromatic carbocycles. The summed E-state index contributed by atoms with van der Waals surface area (Å²) in [6.45, 7) is 2.79. The van der Waals surface area contributed by atoms with E-state index in [1.807, 2.05) is 42.3 Å². The van der Waals surface area contributed by atoms with Gasteiger partial charge < -0.3 is 10.2 Å². The zero-order valence-corrected chi connectivity index (χ0v) is 17.9. The molecule has 1 amide bonds. The highest BCUT2D eigenvalue weighted by molar-refractivity contribution is 7.92. The Labute approximate surface area is 172 Å². The molecule has 28 heavy (non-hydrogen) atoms. The number of hydrogen-bond donors (Lipinski definition) is 1. The van der Waals surface area contributed by atoms with E-state index in [0.29, 0.717) is 30.2 Å². The molecule has 0 fully saturated rings. The van der Waals surface area contributed by atoms with Crippen molar-refractivity contribution in [3.8, 4) is 0 Å². The fourth-order valence-electron chi connectivity index (χ4n) is 2.92. The molecule has 2 rings (SSSR count). The monoisotopic (exact) mass is 423 g/mol.